The number of hydrogen-bond acceptors (Lipinski definition) is 2. The second-order valence-electron chi connectivity index (χ2n) is 6.31. The molecule has 0 saturated carbocycles. The van der Waals surface area contributed by atoms with Crippen LogP contribution in [0.4, 0.5) is 0 Å². The third kappa shape index (κ3) is 2.59. The lowest BCUT2D eigenvalue weighted by atomic mass is 10.0. The van der Waals surface area contributed by atoms with Crippen LogP contribution in [0.15, 0.2) is 66.7 Å². The number of primary amides is 1. The van der Waals surface area contributed by atoms with E-state index in [-0.39, 0.29) is 5.84 Å². The van der Waals surface area contributed by atoms with Gasteiger partial charge in [0.2, 0.25) is 0 Å². The molecule has 0 bridgehead atoms. The van der Waals surface area contributed by atoms with Crippen LogP contribution in [-0.4, -0.2) is 16.3 Å². The third-order valence-electron chi connectivity index (χ3n) is 4.68. The molecule has 1 amide bonds. The summed E-state index contributed by atoms with van der Waals surface area (Å²) in [5.41, 5.74) is 14.2. The number of amides is 1. The van der Waals surface area contributed by atoms with E-state index >= 15 is 0 Å². The first-order valence-electron chi connectivity index (χ1n) is 8.29. The van der Waals surface area contributed by atoms with Gasteiger partial charge in [-0.2, -0.15) is 0 Å². The van der Waals surface area contributed by atoms with Gasteiger partial charge < -0.3 is 16.0 Å². The van der Waals surface area contributed by atoms with Crippen molar-refractivity contribution in [1.82, 2.24) is 4.57 Å². The summed E-state index contributed by atoms with van der Waals surface area (Å²) in [5.74, 6) is -0.490. The molecule has 3 aromatic carbocycles. The molecule has 5 heteroatoms. The van der Waals surface area contributed by atoms with Crippen LogP contribution in [0, 0.1) is 5.41 Å². The molecule has 0 aliphatic rings. The van der Waals surface area contributed by atoms with Crippen LogP contribution in [0.25, 0.3) is 21.7 Å². The van der Waals surface area contributed by atoms with Gasteiger partial charge in [0.05, 0.1) is 0 Å². The molecule has 1 heterocycles. The van der Waals surface area contributed by atoms with Crippen molar-refractivity contribution in [2.45, 2.75) is 6.54 Å². The number of nitrogens with two attached hydrogens (primary N) is 2. The minimum Gasteiger partial charge on any atom is -0.384 e. The maximum Gasteiger partial charge on any atom is 0.265 e. The van der Waals surface area contributed by atoms with E-state index in [1.165, 1.54) is 0 Å². The monoisotopic (exact) mass is 342 g/mol. The Morgan fingerprint density at radius 2 is 1.69 bits per heavy atom. The van der Waals surface area contributed by atoms with Gasteiger partial charge in [-0.1, -0.05) is 54.6 Å². The maximum absolute atomic E-state index is 12.0. The number of aromatic nitrogens is 1. The molecule has 5 nitrogen and oxygen atoms in total. The Morgan fingerprint density at radius 1 is 0.923 bits per heavy atom. The predicted octanol–water partition coefficient (Wildman–Crippen LogP) is 3.23. The van der Waals surface area contributed by atoms with Crippen molar-refractivity contribution >= 4 is 33.4 Å². The average Bonchev–Trinajstić information content (AvgIpc) is 3.00. The number of nitrogens with one attached hydrogen (secondary N) is 1. The number of benzene rings is 3. The zero-order chi connectivity index (χ0) is 18.3. The lowest BCUT2D eigenvalue weighted by Gasteiger charge is -2.12. The van der Waals surface area contributed by atoms with E-state index in [1.54, 1.807) is 12.1 Å². The van der Waals surface area contributed by atoms with Crippen LogP contribution in [0.2, 0.25) is 0 Å². The molecule has 0 radical (unpaired) electrons. The predicted molar refractivity (Wildman–Crippen MR) is 105 cm³/mol. The molecule has 0 unspecified atom stereocenters. The van der Waals surface area contributed by atoms with E-state index in [4.69, 9.17) is 16.9 Å². The molecule has 0 aliphatic heterocycles. The van der Waals surface area contributed by atoms with Gasteiger partial charge in [0.1, 0.15) is 11.5 Å². The Hall–Kier alpha value is -3.60. The molecule has 0 spiro atoms. The van der Waals surface area contributed by atoms with E-state index in [1.807, 2.05) is 41.0 Å². The summed E-state index contributed by atoms with van der Waals surface area (Å²) in [6.45, 7) is 0.504. The number of nitrogen functional groups attached to an aromatic ring is 1. The lowest BCUT2D eigenvalue weighted by molar-refractivity contribution is 0.0992. The summed E-state index contributed by atoms with van der Waals surface area (Å²) in [7, 11) is 0. The highest BCUT2D eigenvalue weighted by atomic mass is 16.1. The van der Waals surface area contributed by atoms with E-state index in [0.29, 0.717) is 17.8 Å². The van der Waals surface area contributed by atoms with Gasteiger partial charge in [-0.15, -0.1) is 0 Å². The molecule has 4 rings (SSSR count). The van der Waals surface area contributed by atoms with Crippen molar-refractivity contribution < 1.29 is 4.79 Å². The van der Waals surface area contributed by atoms with Gasteiger partial charge in [0.15, 0.2) is 0 Å². The average molecular weight is 342 g/mol. The second-order valence-corrected chi connectivity index (χ2v) is 6.31. The van der Waals surface area contributed by atoms with Crippen LogP contribution in [0.5, 0.6) is 0 Å². The number of carbonyl (C=O) groups excluding carboxylic acids is 1. The fourth-order valence-corrected chi connectivity index (χ4v) is 3.40. The number of fused-ring (bicyclic) bond motifs is 2. The Bertz CT molecular complexity index is 1170. The van der Waals surface area contributed by atoms with E-state index < -0.39 is 5.91 Å². The summed E-state index contributed by atoms with van der Waals surface area (Å²) in [6.07, 6.45) is 0. The Kier molecular flexibility index (Phi) is 3.69. The first-order chi connectivity index (χ1) is 12.5. The van der Waals surface area contributed by atoms with Gasteiger partial charge in [-0.05, 0) is 28.5 Å². The standard InChI is InChI=1S/C21H18N4O/c22-20(23)15-9-8-14-10-19(21(24)26)25(18(14)11-15)12-16-6-3-5-13-4-1-2-7-17(13)16/h1-11H,12H2,(H3,22,23)(H2,24,26). The first-order valence-corrected chi connectivity index (χ1v) is 8.29. The van der Waals surface area contributed by atoms with Crippen LogP contribution in [0.1, 0.15) is 21.6 Å². The maximum atomic E-state index is 12.0. The largest absolute Gasteiger partial charge is 0.384 e. The van der Waals surface area contributed by atoms with Crippen molar-refractivity contribution in [3.63, 3.8) is 0 Å². The van der Waals surface area contributed by atoms with E-state index in [9.17, 15) is 4.79 Å². The van der Waals surface area contributed by atoms with E-state index in [0.717, 1.165) is 27.2 Å². The molecule has 0 fully saturated rings. The Balaban J connectivity index is 1.94. The molecule has 5 N–H and O–H groups in total. The SMILES string of the molecule is N=C(N)c1ccc2cc(C(N)=O)n(Cc3cccc4ccccc34)c2c1. The fourth-order valence-electron chi connectivity index (χ4n) is 3.40. The molecular weight excluding hydrogens is 324 g/mol. The minimum atomic E-state index is -0.481. The van der Waals surface area contributed by atoms with Crippen LogP contribution >= 0.6 is 0 Å². The topological polar surface area (TPSA) is 97.9 Å². The highest BCUT2D eigenvalue weighted by Gasteiger charge is 2.15. The van der Waals surface area contributed by atoms with Crippen molar-refractivity contribution in [3.05, 3.63) is 83.6 Å². The smallest absolute Gasteiger partial charge is 0.265 e. The molecule has 0 atom stereocenters. The summed E-state index contributed by atoms with van der Waals surface area (Å²) in [5, 5.41) is 10.9. The Labute approximate surface area is 150 Å². The summed E-state index contributed by atoms with van der Waals surface area (Å²) >= 11 is 0. The fraction of sp³-hybridized carbons (Fsp3) is 0.0476. The van der Waals surface area contributed by atoms with Gasteiger partial charge in [-0.3, -0.25) is 10.2 Å². The molecule has 128 valence electrons. The van der Waals surface area contributed by atoms with E-state index in [2.05, 4.69) is 18.2 Å². The van der Waals surface area contributed by atoms with Gasteiger partial charge in [0.25, 0.3) is 5.91 Å². The van der Waals surface area contributed by atoms with Crippen molar-refractivity contribution in [2.75, 3.05) is 0 Å². The van der Waals surface area contributed by atoms with Crippen molar-refractivity contribution in [3.8, 4) is 0 Å². The molecule has 26 heavy (non-hydrogen) atoms. The number of carbonyl (C=O) groups is 1. The Morgan fingerprint density at radius 3 is 2.46 bits per heavy atom. The number of amidine groups is 1. The second kappa shape index (κ2) is 6.04. The normalized spacial score (nSPS) is 11.1. The van der Waals surface area contributed by atoms with Gasteiger partial charge >= 0.3 is 0 Å². The summed E-state index contributed by atoms with van der Waals surface area (Å²) < 4.78 is 1.89. The molecule has 0 aliphatic carbocycles. The number of rotatable bonds is 4. The quantitative estimate of drug-likeness (QED) is 0.392. The minimum absolute atomic E-state index is 0.00886. The van der Waals surface area contributed by atoms with Gasteiger partial charge in [-0.25, -0.2) is 0 Å². The zero-order valence-electron chi connectivity index (χ0n) is 14.1. The van der Waals surface area contributed by atoms with Crippen LogP contribution in [-0.2, 0) is 6.54 Å². The highest BCUT2D eigenvalue weighted by Crippen LogP contribution is 2.25. The molecule has 4 aromatic rings. The molecule has 0 saturated heterocycles. The van der Waals surface area contributed by atoms with Crippen LogP contribution < -0.4 is 11.5 Å². The number of hydrogen-bond donors (Lipinski definition) is 3. The number of nitrogens with zero attached hydrogens (tertiary/aromatic N) is 1. The highest BCUT2D eigenvalue weighted by molar-refractivity contribution is 6.02. The van der Waals surface area contributed by atoms with Crippen molar-refractivity contribution in [1.29, 1.82) is 5.41 Å². The lowest BCUT2D eigenvalue weighted by Crippen LogP contribution is -2.17. The summed E-state index contributed by atoms with van der Waals surface area (Å²) in [4.78, 5) is 12.0. The summed E-state index contributed by atoms with van der Waals surface area (Å²) in [6, 6.07) is 21.5. The zero-order valence-corrected chi connectivity index (χ0v) is 14.1. The molecule has 1 aromatic heterocycles. The van der Waals surface area contributed by atoms with Gasteiger partial charge in [0, 0.05) is 23.0 Å². The third-order valence-corrected chi connectivity index (χ3v) is 4.68. The van der Waals surface area contributed by atoms with Crippen molar-refractivity contribution in [2.24, 2.45) is 11.5 Å². The van der Waals surface area contributed by atoms with Crippen LogP contribution in [0.3, 0.4) is 0 Å². The first kappa shape index (κ1) is 15.9. The molecular formula is C21H18N4O.